The van der Waals surface area contributed by atoms with Gasteiger partial charge in [-0.2, -0.15) is 0 Å². The number of carbonyl (C=O) groups is 1. The SMILES string of the molecule is Cc1ccccc1C(CCS(C)(=O)=O)C(=O)O. The number of benzene rings is 1. The average molecular weight is 256 g/mol. The van der Waals surface area contributed by atoms with E-state index in [2.05, 4.69) is 0 Å². The number of rotatable bonds is 5. The second kappa shape index (κ2) is 5.31. The number of hydrogen-bond acceptors (Lipinski definition) is 3. The van der Waals surface area contributed by atoms with Crippen LogP contribution in [0.1, 0.15) is 23.5 Å². The molecular weight excluding hydrogens is 240 g/mol. The first-order valence-electron chi connectivity index (χ1n) is 5.27. The predicted molar refractivity (Wildman–Crippen MR) is 65.9 cm³/mol. The number of aryl methyl sites for hydroxylation is 1. The van der Waals surface area contributed by atoms with Crippen LogP contribution in [0, 0.1) is 6.92 Å². The molecule has 0 aromatic heterocycles. The smallest absolute Gasteiger partial charge is 0.311 e. The molecule has 0 saturated carbocycles. The summed E-state index contributed by atoms with van der Waals surface area (Å²) in [4.78, 5) is 11.2. The molecule has 94 valence electrons. The molecule has 1 atom stereocenters. The highest BCUT2D eigenvalue weighted by Crippen LogP contribution is 2.23. The van der Waals surface area contributed by atoms with Crippen LogP contribution in [0.3, 0.4) is 0 Å². The molecule has 4 nitrogen and oxygen atoms in total. The van der Waals surface area contributed by atoms with Gasteiger partial charge in [0, 0.05) is 6.26 Å². The van der Waals surface area contributed by atoms with Crippen molar-refractivity contribution >= 4 is 15.8 Å². The first kappa shape index (κ1) is 13.7. The van der Waals surface area contributed by atoms with Crippen molar-refractivity contribution in [2.24, 2.45) is 0 Å². The maximum Gasteiger partial charge on any atom is 0.311 e. The molecular formula is C12H16O4S. The molecule has 0 aliphatic carbocycles. The zero-order valence-electron chi connectivity index (χ0n) is 9.88. The van der Waals surface area contributed by atoms with Crippen molar-refractivity contribution in [2.45, 2.75) is 19.3 Å². The topological polar surface area (TPSA) is 71.4 Å². The summed E-state index contributed by atoms with van der Waals surface area (Å²) in [6, 6.07) is 7.15. The molecule has 0 saturated heterocycles. The van der Waals surface area contributed by atoms with Crippen molar-refractivity contribution in [3.05, 3.63) is 35.4 Å². The van der Waals surface area contributed by atoms with Gasteiger partial charge in [0.15, 0.2) is 0 Å². The number of sulfone groups is 1. The Morgan fingerprint density at radius 2 is 1.94 bits per heavy atom. The van der Waals surface area contributed by atoms with Crippen molar-refractivity contribution in [3.8, 4) is 0 Å². The number of hydrogen-bond donors (Lipinski definition) is 1. The molecule has 1 aromatic carbocycles. The van der Waals surface area contributed by atoms with Crippen LogP contribution in [0.4, 0.5) is 0 Å². The van der Waals surface area contributed by atoms with Gasteiger partial charge in [0.2, 0.25) is 0 Å². The van der Waals surface area contributed by atoms with Gasteiger partial charge >= 0.3 is 5.97 Å². The Kier molecular flexibility index (Phi) is 4.28. The van der Waals surface area contributed by atoms with E-state index in [1.807, 2.05) is 19.1 Å². The first-order valence-corrected chi connectivity index (χ1v) is 7.33. The summed E-state index contributed by atoms with van der Waals surface area (Å²) in [5.74, 6) is -1.85. The minimum Gasteiger partial charge on any atom is -0.481 e. The van der Waals surface area contributed by atoms with Gasteiger partial charge in [-0.05, 0) is 24.5 Å². The molecule has 1 N–H and O–H groups in total. The van der Waals surface area contributed by atoms with E-state index in [1.54, 1.807) is 12.1 Å². The van der Waals surface area contributed by atoms with E-state index >= 15 is 0 Å². The van der Waals surface area contributed by atoms with E-state index in [9.17, 15) is 13.2 Å². The standard InChI is InChI=1S/C12H16O4S/c1-9-5-3-4-6-10(9)11(12(13)14)7-8-17(2,15)16/h3-6,11H,7-8H2,1-2H3,(H,13,14). The lowest BCUT2D eigenvalue weighted by Gasteiger charge is -2.14. The molecule has 1 unspecified atom stereocenters. The summed E-state index contributed by atoms with van der Waals surface area (Å²) in [6.07, 6.45) is 1.22. The van der Waals surface area contributed by atoms with Crippen LogP contribution in [0.5, 0.6) is 0 Å². The fourth-order valence-corrected chi connectivity index (χ4v) is 2.39. The lowest BCUT2D eigenvalue weighted by atomic mass is 9.93. The van der Waals surface area contributed by atoms with E-state index in [0.717, 1.165) is 11.8 Å². The van der Waals surface area contributed by atoms with Gasteiger partial charge in [-0.1, -0.05) is 24.3 Å². The van der Waals surface area contributed by atoms with Gasteiger partial charge in [0.25, 0.3) is 0 Å². The average Bonchev–Trinajstić information content (AvgIpc) is 2.18. The largest absolute Gasteiger partial charge is 0.481 e. The second-order valence-corrected chi connectivity index (χ2v) is 6.43. The normalized spacial score (nSPS) is 13.3. The van der Waals surface area contributed by atoms with Crippen molar-refractivity contribution in [2.75, 3.05) is 12.0 Å². The molecule has 1 rings (SSSR count). The Morgan fingerprint density at radius 1 is 1.35 bits per heavy atom. The Bertz CT molecular complexity index is 505. The molecule has 0 heterocycles. The number of carboxylic acids is 1. The Labute approximate surface area is 101 Å². The van der Waals surface area contributed by atoms with Crippen LogP contribution in [0.2, 0.25) is 0 Å². The lowest BCUT2D eigenvalue weighted by Crippen LogP contribution is -2.17. The quantitative estimate of drug-likeness (QED) is 0.868. The van der Waals surface area contributed by atoms with Gasteiger partial charge in [0.1, 0.15) is 9.84 Å². The van der Waals surface area contributed by atoms with Crippen molar-refractivity contribution in [1.29, 1.82) is 0 Å². The molecule has 1 aromatic rings. The van der Waals surface area contributed by atoms with Crippen LogP contribution in [-0.4, -0.2) is 31.5 Å². The predicted octanol–water partition coefficient (Wildman–Crippen LogP) is 1.60. The Hall–Kier alpha value is -1.36. The van der Waals surface area contributed by atoms with Crippen LogP contribution in [0.15, 0.2) is 24.3 Å². The van der Waals surface area contributed by atoms with Gasteiger partial charge in [-0.25, -0.2) is 8.42 Å². The van der Waals surface area contributed by atoms with Crippen LogP contribution in [0.25, 0.3) is 0 Å². The van der Waals surface area contributed by atoms with Crippen LogP contribution < -0.4 is 0 Å². The zero-order chi connectivity index (χ0) is 13.1. The van der Waals surface area contributed by atoms with Gasteiger partial charge in [-0.3, -0.25) is 4.79 Å². The minimum atomic E-state index is -3.14. The van der Waals surface area contributed by atoms with E-state index in [1.165, 1.54) is 0 Å². The highest BCUT2D eigenvalue weighted by atomic mass is 32.2. The van der Waals surface area contributed by atoms with Gasteiger partial charge in [0.05, 0.1) is 11.7 Å². The Morgan fingerprint density at radius 3 is 2.41 bits per heavy atom. The summed E-state index contributed by atoms with van der Waals surface area (Å²) >= 11 is 0. The van der Waals surface area contributed by atoms with E-state index in [0.29, 0.717) is 5.56 Å². The molecule has 17 heavy (non-hydrogen) atoms. The summed E-state index contributed by atoms with van der Waals surface area (Å²) in [7, 11) is -3.14. The Balaban J connectivity index is 2.95. The second-order valence-electron chi connectivity index (χ2n) is 4.17. The molecule has 0 fully saturated rings. The maximum atomic E-state index is 11.2. The maximum absolute atomic E-state index is 11.2. The fraction of sp³-hybridized carbons (Fsp3) is 0.417. The van der Waals surface area contributed by atoms with Crippen LogP contribution >= 0.6 is 0 Å². The molecule has 0 aliphatic rings. The van der Waals surface area contributed by atoms with E-state index in [-0.39, 0.29) is 12.2 Å². The van der Waals surface area contributed by atoms with E-state index in [4.69, 9.17) is 5.11 Å². The molecule has 0 bridgehead atoms. The van der Waals surface area contributed by atoms with E-state index < -0.39 is 21.7 Å². The summed E-state index contributed by atoms with van der Waals surface area (Å²) < 4.78 is 22.2. The third-order valence-electron chi connectivity index (χ3n) is 2.64. The van der Waals surface area contributed by atoms with Crippen LogP contribution in [-0.2, 0) is 14.6 Å². The fourth-order valence-electron chi connectivity index (χ4n) is 1.72. The molecule has 0 amide bonds. The van der Waals surface area contributed by atoms with Crippen molar-refractivity contribution < 1.29 is 18.3 Å². The lowest BCUT2D eigenvalue weighted by molar-refractivity contribution is -0.138. The summed E-state index contributed by atoms with van der Waals surface area (Å²) in [5.41, 5.74) is 1.55. The molecule has 0 spiro atoms. The molecule has 5 heteroatoms. The monoisotopic (exact) mass is 256 g/mol. The molecule has 0 aliphatic heterocycles. The third kappa shape index (κ3) is 4.19. The highest BCUT2D eigenvalue weighted by molar-refractivity contribution is 7.90. The summed E-state index contributed by atoms with van der Waals surface area (Å²) in [5, 5.41) is 9.15. The number of carboxylic acid groups (broad SMARTS) is 1. The molecule has 0 radical (unpaired) electrons. The van der Waals surface area contributed by atoms with Crippen molar-refractivity contribution in [1.82, 2.24) is 0 Å². The van der Waals surface area contributed by atoms with Gasteiger partial charge in [-0.15, -0.1) is 0 Å². The van der Waals surface area contributed by atoms with Crippen molar-refractivity contribution in [3.63, 3.8) is 0 Å². The number of aliphatic carboxylic acids is 1. The minimum absolute atomic E-state index is 0.110. The zero-order valence-corrected chi connectivity index (χ0v) is 10.7. The third-order valence-corrected chi connectivity index (χ3v) is 3.62. The first-order chi connectivity index (χ1) is 7.81. The highest BCUT2D eigenvalue weighted by Gasteiger charge is 2.22. The summed E-state index contributed by atoms with van der Waals surface area (Å²) in [6.45, 7) is 1.83. The van der Waals surface area contributed by atoms with Gasteiger partial charge < -0.3 is 5.11 Å².